The van der Waals surface area contributed by atoms with Gasteiger partial charge in [0.15, 0.2) is 0 Å². The van der Waals surface area contributed by atoms with Crippen molar-refractivity contribution >= 4 is 11.8 Å². The van der Waals surface area contributed by atoms with Gasteiger partial charge in [0.2, 0.25) is 0 Å². The monoisotopic (exact) mass is 332 g/mol. The molecule has 8 nitrogen and oxygen atoms in total. The highest BCUT2D eigenvalue weighted by molar-refractivity contribution is 6.11. The van der Waals surface area contributed by atoms with Crippen LogP contribution in [0.15, 0.2) is 0 Å². The van der Waals surface area contributed by atoms with Gasteiger partial charge in [-0.3, -0.25) is 11.3 Å². The van der Waals surface area contributed by atoms with Crippen LogP contribution in [-0.4, -0.2) is 52.4 Å². The molecule has 21 heavy (non-hydrogen) atoms. The summed E-state index contributed by atoms with van der Waals surface area (Å²) in [5.74, 6) is 4.92. The molecule has 0 aliphatic rings. The van der Waals surface area contributed by atoms with E-state index in [1.165, 1.54) is 0 Å². The number of nitrogens with one attached hydrogen (secondary N) is 3. The van der Waals surface area contributed by atoms with Gasteiger partial charge in [-0.25, -0.2) is 5.25 Å². The van der Waals surface area contributed by atoms with Crippen LogP contribution in [0.5, 0.6) is 0 Å². The average Bonchev–Trinajstić information content (AvgIpc) is 2.39. The molecule has 0 aromatic carbocycles. The molecule has 0 heterocycles. The van der Waals surface area contributed by atoms with Crippen molar-refractivity contribution in [1.29, 1.82) is 0 Å². The predicted octanol–water partition coefficient (Wildman–Crippen LogP) is -1.36. The first-order valence-electron chi connectivity index (χ1n) is 6.95. The van der Waals surface area contributed by atoms with Crippen LogP contribution in [0.3, 0.4) is 0 Å². The van der Waals surface area contributed by atoms with Crippen LogP contribution in [0.25, 0.3) is 0 Å². The van der Waals surface area contributed by atoms with Crippen molar-refractivity contribution in [2.24, 2.45) is 28.3 Å². The third kappa shape index (κ3) is 261. The maximum absolute atomic E-state index is 5.11. The summed E-state index contributed by atoms with van der Waals surface area (Å²) >= 11 is 4.14. The van der Waals surface area contributed by atoms with Crippen molar-refractivity contribution in [2.45, 2.75) is 39.8 Å². The van der Waals surface area contributed by atoms with E-state index in [0.717, 1.165) is 26.2 Å². The van der Waals surface area contributed by atoms with Gasteiger partial charge >= 0.3 is 0 Å². The molecule has 0 aliphatic carbocycles. The maximum Gasteiger partial charge on any atom is 0.0223 e. The van der Waals surface area contributed by atoms with Crippen molar-refractivity contribution in [2.75, 3.05) is 40.3 Å². The molecule has 0 saturated heterocycles. The highest BCUT2D eigenvalue weighted by Crippen LogP contribution is 1.58. The molecule has 0 amide bonds. The Bertz CT molecular complexity index is 99.9. The second kappa shape index (κ2) is 42.7. The van der Waals surface area contributed by atoms with Crippen molar-refractivity contribution in [3.63, 3.8) is 0 Å². The van der Waals surface area contributed by atoms with Crippen LogP contribution in [0.1, 0.15) is 27.7 Å². The topological polar surface area (TPSA) is 166 Å². The van der Waals surface area contributed by atoms with E-state index < -0.39 is 0 Å². The summed E-state index contributed by atoms with van der Waals surface area (Å²) in [4.78, 5) is 0. The number of likely N-dealkylation sites (N-methyl/N-ethyl adjacent to an activating group) is 2. The Morgan fingerprint density at radius 3 is 1.14 bits per heavy atom. The summed E-state index contributed by atoms with van der Waals surface area (Å²) in [6.45, 7) is 11.2. The van der Waals surface area contributed by atoms with E-state index in [1.54, 1.807) is 0 Å². The molecule has 0 aliphatic heterocycles. The van der Waals surface area contributed by atoms with Gasteiger partial charge in [0.25, 0.3) is 0 Å². The Labute approximate surface area is 137 Å². The summed E-state index contributed by atoms with van der Waals surface area (Å²) < 4.78 is 0. The highest BCUT2D eigenvalue weighted by atomic mass is 35.5. The van der Waals surface area contributed by atoms with Crippen LogP contribution >= 0.6 is 11.8 Å². The van der Waals surface area contributed by atoms with Gasteiger partial charge in [-0.1, -0.05) is 27.7 Å². The largest absolute Gasteiger partial charge is 0.329 e. The molecular weight excluding hydrogens is 292 g/mol. The number of halogens is 1. The molecule has 0 bridgehead atoms. The van der Waals surface area contributed by atoms with Gasteiger partial charge < -0.3 is 27.8 Å². The van der Waals surface area contributed by atoms with E-state index in [-0.39, 0.29) is 0 Å². The van der Waals surface area contributed by atoms with Gasteiger partial charge in [0.05, 0.1) is 0 Å². The molecule has 0 aromatic rings. The minimum absolute atomic E-state index is 0.333. The SMILES string of the molecule is CC(C)N.CC(C)N.CNCCN.CNCCNN.NCl. The number of hydrazine groups is 1. The molecule has 0 spiro atoms. The average molecular weight is 333 g/mol. The zero-order valence-electron chi connectivity index (χ0n) is 14.7. The third-order valence-electron chi connectivity index (χ3n) is 0.914. The smallest absolute Gasteiger partial charge is 0.0223 e. The van der Waals surface area contributed by atoms with Crippen LogP contribution in [0.4, 0.5) is 0 Å². The highest BCUT2D eigenvalue weighted by Gasteiger charge is 1.71. The fraction of sp³-hybridized carbons (Fsp3) is 1.00. The van der Waals surface area contributed by atoms with E-state index in [1.807, 2.05) is 41.8 Å². The molecule has 136 valence electrons. The molecular formula is C12H41ClN8. The lowest BCUT2D eigenvalue weighted by atomic mass is 10.4. The first kappa shape index (κ1) is 32.8. The number of rotatable bonds is 5. The number of hydrogen-bond acceptors (Lipinski definition) is 8. The standard InChI is InChI=1S/C3H11N3.C3H10N2.2C3H9N.ClH2N/c1-5-2-3-6-4;1-5-3-2-4;2*1-3(2)4;1-2/h5-6H,2-4H2,1H3;5H,2-4H2,1H3;2*3H,4H2,1-2H3;2H2. The van der Waals surface area contributed by atoms with Crippen LogP contribution in [0, 0.1) is 0 Å². The van der Waals surface area contributed by atoms with Crippen molar-refractivity contribution in [1.82, 2.24) is 16.1 Å². The van der Waals surface area contributed by atoms with E-state index in [2.05, 4.69) is 33.1 Å². The lowest BCUT2D eigenvalue weighted by Crippen LogP contribution is -2.29. The Morgan fingerprint density at radius 1 is 0.810 bits per heavy atom. The Balaban J connectivity index is -0.0000000527. The predicted molar refractivity (Wildman–Crippen MR) is 97.8 cm³/mol. The molecule has 0 rings (SSSR count). The van der Waals surface area contributed by atoms with Gasteiger partial charge in [-0.2, -0.15) is 0 Å². The van der Waals surface area contributed by atoms with Crippen LogP contribution < -0.4 is 44.4 Å². The molecule has 0 unspecified atom stereocenters. The maximum atomic E-state index is 5.11. The van der Waals surface area contributed by atoms with Crippen molar-refractivity contribution in [3.8, 4) is 0 Å². The van der Waals surface area contributed by atoms with Gasteiger partial charge in [0, 0.05) is 26.2 Å². The van der Waals surface area contributed by atoms with Crippen molar-refractivity contribution < 1.29 is 0 Å². The summed E-state index contributed by atoms with van der Waals surface area (Å²) in [6, 6.07) is 0.667. The quantitative estimate of drug-likeness (QED) is 0.132. The summed E-state index contributed by atoms with van der Waals surface area (Å²) in [7, 11) is 3.77. The minimum atomic E-state index is 0.333. The van der Waals surface area contributed by atoms with E-state index in [9.17, 15) is 0 Å². The van der Waals surface area contributed by atoms with Gasteiger partial charge in [-0.15, -0.1) is 0 Å². The Kier molecular flexibility index (Phi) is 66.7. The molecule has 0 radical (unpaired) electrons. The molecule has 13 N–H and O–H groups in total. The molecule has 9 heteroatoms. The summed E-state index contributed by atoms with van der Waals surface area (Å²) in [5.41, 5.74) is 17.8. The van der Waals surface area contributed by atoms with Crippen LogP contribution in [0.2, 0.25) is 0 Å². The van der Waals surface area contributed by atoms with E-state index in [0.29, 0.717) is 12.1 Å². The van der Waals surface area contributed by atoms with Crippen molar-refractivity contribution in [3.05, 3.63) is 0 Å². The second-order valence-corrected chi connectivity index (χ2v) is 4.44. The normalized spacial score (nSPS) is 8.29. The lowest BCUT2D eigenvalue weighted by molar-refractivity contribution is 0.678. The lowest BCUT2D eigenvalue weighted by Gasteiger charge is -1.92. The second-order valence-electron chi connectivity index (χ2n) is 4.44. The fourth-order valence-electron chi connectivity index (χ4n) is 0.342. The summed E-state index contributed by atoms with van der Waals surface area (Å²) in [5, 5.41) is 9.79. The Hall–Kier alpha value is -0.0300. The fourth-order valence-corrected chi connectivity index (χ4v) is 0.342. The molecule has 0 aromatic heterocycles. The Morgan fingerprint density at radius 2 is 1.10 bits per heavy atom. The van der Waals surface area contributed by atoms with E-state index >= 15 is 0 Å². The van der Waals surface area contributed by atoms with E-state index in [4.69, 9.17) is 23.0 Å². The zero-order chi connectivity index (χ0) is 18.1. The van der Waals surface area contributed by atoms with Gasteiger partial charge in [-0.05, 0) is 38.0 Å². The zero-order valence-corrected chi connectivity index (χ0v) is 15.5. The molecule has 0 saturated carbocycles. The van der Waals surface area contributed by atoms with Gasteiger partial charge in [0.1, 0.15) is 0 Å². The summed E-state index contributed by atoms with van der Waals surface area (Å²) in [6.07, 6.45) is 0. The number of hydrogen-bond donors (Lipinski definition) is 8. The van der Waals surface area contributed by atoms with Crippen LogP contribution in [-0.2, 0) is 0 Å². The first-order valence-corrected chi connectivity index (χ1v) is 7.39. The third-order valence-corrected chi connectivity index (χ3v) is 0.914. The number of nitrogens with two attached hydrogens (primary N) is 5. The molecule has 0 atom stereocenters. The first-order chi connectivity index (χ1) is 9.79. The molecule has 0 fully saturated rings. The minimum Gasteiger partial charge on any atom is -0.329 e.